The van der Waals surface area contributed by atoms with Crippen LogP contribution >= 0.6 is 0 Å². The summed E-state index contributed by atoms with van der Waals surface area (Å²) < 4.78 is 23.5. The minimum Gasteiger partial charge on any atom is -0.491 e. The van der Waals surface area contributed by atoms with E-state index >= 15 is 0 Å². The number of hydrogen-bond acceptors (Lipinski definition) is 8. The Balaban J connectivity index is 0.000000183. The summed E-state index contributed by atoms with van der Waals surface area (Å²) in [6, 6.07) is 60.5. The molecule has 0 amide bonds. The van der Waals surface area contributed by atoms with Crippen molar-refractivity contribution < 1.29 is 39.4 Å². The van der Waals surface area contributed by atoms with E-state index in [1.54, 1.807) is 0 Å². The fraction of sp³-hybridized carbons (Fsp3) is 0.273. The van der Waals surface area contributed by atoms with Crippen LogP contribution in [0.4, 0.5) is 0 Å². The van der Waals surface area contributed by atoms with Gasteiger partial charge < -0.3 is 39.4 Å². The Labute approximate surface area is 436 Å². The molecule has 0 spiro atoms. The van der Waals surface area contributed by atoms with Gasteiger partial charge in [0, 0.05) is 0 Å². The van der Waals surface area contributed by atoms with Gasteiger partial charge in [-0.2, -0.15) is 0 Å². The smallest absolute Gasteiger partial charge is 0.122 e. The van der Waals surface area contributed by atoms with Crippen molar-refractivity contribution in [1.82, 2.24) is 0 Å². The Morgan fingerprint density at radius 1 is 0.338 bits per heavy atom. The molecular weight excluding hydrogens is 921 g/mol. The van der Waals surface area contributed by atoms with Crippen LogP contribution in [0.3, 0.4) is 0 Å². The Kier molecular flexibility index (Phi) is 15.7. The van der Waals surface area contributed by atoms with E-state index in [9.17, 15) is 20.4 Å². The molecule has 0 unspecified atom stereocenters. The standard InChI is InChI=1S/C35H38O4.C31H30O4/c1-23(2)29-21-25(13-15-33(29)38-19-17-36)35(26-14-16-34(39-20-18-37)30(22-26)24(3)4)31-11-7-5-9-27(31)28-10-6-8-12-32(28)35;1-21-19-23(11-13-29(21)34-17-15-32)31(24-12-14-30(22(2)20-24)35-18-16-33)27-9-5-3-7-25(27)26-8-4-6-10-28(26)31/h5-16,21-24,36-37H,17-20H2,1-4H3;3-14,19-20,32-33H,15-18H2,1-2H3. The first-order valence-corrected chi connectivity index (χ1v) is 25.9. The van der Waals surface area contributed by atoms with Crippen molar-refractivity contribution in [2.24, 2.45) is 0 Å². The maximum Gasteiger partial charge on any atom is 0.122 e. The van der Waals surface area contributed by atoms with Gasteiger partial charge >= 0.3 is 0 Å². The average Bonchev–Trinajstić information content (AvgIpc) is 3.93. The molecule has 0 radical (unpaired) electrons. The molecule has 0 aliphatic heterocycles. The van der Waals surface area contributed by atoms with Gasteiger partial charge in [-0.15, -0.1) is 0 Å². The monoisotopic (exact) mass is 988 g/mol. The van der Waals surface area contributed by atoms with E-state index in [0.717, 1.165) is 56.4 Å². The van der Waals surface area contributed by atoms with Crippen LogP contribution in [-0.2, 0) is 10.8 Å². The van der Waals surface area contributed by atoms with Gasteiger partial charge in [0.1, 0.15) is 49.4 Å². The molecule has 74 heavy (non-hydrogen) atoms. The van der Waals surface area contributed by atoms with E-state index in [4.69, 9.17) is 18.9 Å². The molecule has 0 saturated carbocycles. The summed E-state index contributed by atoms with van der Waals surface area (Å²) in [5, 5.41) is 37.2. The summed E-state index contributed by atoms with van der Waals surface area (Å²) in [4.78, 5) is 0. The molecule has 0 heterocycles. The van der Waals surface area contributed by atoms with Crippen molar-refractivity contribution in [3.63, 3.8) is 0 Å². The van der Waals surface area contributed by atoms with Crippen LogP contribution in [0.2, 0.25) is 0 Å². The molecule has 0 aromatic heterocycles. The molecule has 2 aliphatic carbocycles. The van der Waals surface area contributed by atoms with Crippen molar-refractivity contribution in [3.05, 3.63) is 237 Å². The fourth-order valence-corrected chi connectivity index (χ4v) is 11.5. The van der Waals surface area contributed by atoms with Crippen molar-refractivity contribution in [1.29, 1.82) is 0 Å². The van der Waals surface area contributed by atoms with Crippen LogP contribution in [0.25, 0.3) is 22.3 Å². The second kappa shape index (κ2) is 22.5. The predicted molar refractivity (Wildman–Crippen MR) is 295 cm³/mol. The number of hydrogen-bond donors (Lipinski definition) is 4. The van der Waals surface area contributed by atoms with Crippen molar-refractivity contribution in [2.45, 2.75) is 64.2 Å². The molecule has 4 N–H and O–H groups in total. The number of rotatable bonds is 18. The summed E-state index contributed by atoms with van der Waals surface area (Å²) in [5.41, 5.74) is 17.9. The van der Waals surface area contributed by atoms with Crippen LogP contribution in [0.15, 0.2) is 170 Å². The van der Waals surface area contributed by atoms with E-state index in [1.165, 1.54) is 55.6 Å². The zero-order valence-corrected chi connectivity index (χ0v) is 43.4. The normalized spacial score (nSPS) is 13.4. The van der Waals surface area contributed by atoms with Crippen LogP contribution in [0, 0.1) is 13.8 Å². The highest BCUT2D eigenvalue weighted by Crippen LogP contribution is 2.58. The number of aliphatic hydroxyl groups excluding tert-OH is 4. The summed E-state index contributed by atoms with van der Waals surface area (Å²) in [6.45, 7) is 13.8. The van der Waals surface area contributed by atoms with Gasteiger partial charge in [0.15, 0.2) is 0 Å². The lowest BCUT2D eigenvalue weighted by atomic mass is 9.66. The quantitative estimate of drug-likeness (QED) is 0.0671. The van der Waals surface area contributed by atoms with Gasteiger partial charge in [-0.05, 0) is 139 Å². The van der Waals surface area contributed by atoms with Gasteiger partial charge in [-0.25, -0.2) is 0 Å². The zero-order valence-electron chi connectivity index (χ0n) is 43.4. The van der Waals surface area contributed by atoms with E-state index in [0.29, 0.717) is 0 Å². The third-order valence-corrected chi connectivity index (χ3v) is 14.6. The van der Waals surface area contributed by atoms with Crippen LogP contribution in [0.5, 0.6) is 23.0 Å². The van der Waals surface area contributed by atoms with Gasteiger partial charge in [0.25, 0.3) is 0 Å². The second-order valence-electron chi connectivity index (χ2n) is 19.7. The molecule has 0 atom stereocenters. The SMILES string of the molecule is CC(C)c1cc(C2(c3ccc(OCCO)c(C(C)C)c3)c3ccccc3-c3ccccc32)ccc1OCCO.Cc1cc(C2(c3ccc(OCCO)c(C)c3)c3ccccc3-c3ccccc32)ccc1OCCO. The van der Waals surface area contributed by atoms with Crippen LogP contribution in [-0.4, -0.2) is 73.3 Å². The number of aliphatic hydroxyl groups is 4. The third kappa shape index (κ3) is 9.26. The average molecular weight is 989 g/mol. The number of fused-ring (bicyclic) bond motifs is 6. The summed E-state index contributed by atoms with van der Waals surface area (Å²) in [5.74, 6) is 3.66. The third-order valence-electron chi connectivity index (χ3n) is 14.6. The topological polar surface area (TPSA) is 118 Å². The summed E-state index contributed by atoms with van der Waals surface area (Å²) in [7, 11) is 0. The van der Waals surface area contributed by atoms with E-state index in [-0.39, 0.29) is 64.7 Å². The lowest BCUT2D eigenvalue weighted by Crippen LogP contribution is -2.29. The Hall–Kier alpha value is -7.20. The van der Waals surface area contributed by atoms with Gasteiger partial charge in [-0.3, -0.25) is 0 Å². The molecule has 380 valence electrons. The molecule has 8 nitrogen and oxygen atoms in total. The second-order valence-corrected chi connectivity index (χ2v) is 19.7. The lowest BCUT2D eigenvalue weighted by molar-refractivity contribution is 0.200. The highest BCUT2D eigenvalue weighted by Gasteiger charge is 2.48. The van der Waals surface area contributed by atoms with Crippen LogP contribution < -0.4 is 18.9 Å². The molecule has 2 aliphatic rings. The van der Waals surface area contributed by atoms with Crippen molar-refractivity contribution in [2.75, 3.05) is 52.9 Å². The molecule has 8 aromatic rings. The minimum absolute atomic E-state index is 0.0180. The first-order chi connectivity index (χ1) is 36.0. The van der Waals surface area contributed by atoms with Crippen LogP contribution in [0.1, 0.15) is 106 Å². The number of benzene rings is 8. The van der Waals surface area contributed by atoms with Gasteiger partial charge in [0.2, 0.25) is 0 Å². The molecule has 0 fully saturated rings. The predicted octanol–water partition coefficient (Wildman–Crippen LogP) is 12.4. The largest absolute Gasteiger partial charge is 0.491 e. The Morgan fingerprint density at radius 2 is 0.595 bits per heavy atom. The maximum absolute atomic E-state index is 9.39. The molecule has 8 heteroatoms. The first-order valence-electron chi connectivity index (χ1n) is 25.9. The number of ether oxygens (including phenoxy) is 4. The highest BCUT2D eigenvalue weighted by atomic mass is 16.5. The number of aryl methyl sites for hydroxylation is 2. The summed E-state index contributed by atoms with van der Waals surface area (Å²) >= 11 is 0. The molecule has 8 aromatic carbocycles. The van der Waals surface area contributed by atoms with Gasteiger partial charge in [-0.1, -0.05) is 173 Å². The molecule has 0 saturated heterocycles. The maximum atomic E-state index is 9.39. The van der Waals surface area contributed by atoms with Crippen molar-refractivity contribution in [3.8, 4) is 45.3 Å². The highest BCUT2D eigenvalue weighted by molar-refractivity contribution is 5.88. The van der Waals surface area contributed by atoms with E-state index in [2.05, 4.69) is 185 Å². The van der Waals surface area contributed by atoms with E-state index in [1.807, 2.05) is 26.0 Å². The molecule has 0 bridgehead atoms. The zero-order chi connectivity index (χ0) is 52.0. The Bertz CT molecular complexity index is 3030. The van der Waals surface area contributed by atoms with E-state index < -0.39 is 10.8 Å². The minimum atomic E-state index is -0.536. The fourth-order valence-electron chi connectivity index (χ4n) is 11.5. The molecular formula is C66H68O8. The van der Waals surface area contributed by atoms with Crippen molar-refractivity contribution >= 4 is 0 Å². The Morgan fingerprint density at radius 3 is 0.865 bits per heavy atom. The van der Waals surface area contributed by atoms with Gasteiger partial charge in [0.05, 0.1) is 37.3 Å². The first kappa shape index (κ1) is 51.7. The summed E-state index contributed by atoms with van der Waals surface area (Å²) in [6.07, 6.45) is 0. The molecule has 10 rings (SSSR count). The lowest BCUT2D eigenvalue weighted by Gasteiger charge is -2.35.